The van der Waals surface area contributed by atoms with Crippen molar-refractivity contribution < 1.29 is 4.74 Å². The molecule has 3 atom stereocenters. The van der Waals surface area contributed by atoms with Crippen LogP contribution in [0.3, 0.4) is 0 Å². The van der Waals surface area contributed by atoms with Crippen LogP contribution in [0.4, 0.5) is 0 Å². The van der Waals surface area contributed by atoms with E-state index in [2.05, 4.69) is 24.4 Å². The minimum atomic E-state index is 0.155. The van der Waals surface area contributed by atoms with Gasteiger partial charge in [-0.15, -0.1) is 0 Å². The van der Waals surface area contributed by atoms with Gasteiger partial charge in [0.2, 0.25) is 0 Å². The van der Waals surface area contributed by atoms with Crippen molar-refractivity contribution in [1.29, 1.82) is 5.26 Å². The number of nitrogens with zero attached hydrogens (tertiary/aromatic N) is 1. The van der Waals surface area contributed by atoms with Gasteiger partial charge in [-0.1, -0.05) is 24.6 Å². The molecule has 0 radical (unpaired) electrons. The Balaban J connectivity index is 2.07. The first-order valence-corrected chi connectivity index (χ1v) is 6.55. The van der Waals surface area contributed by atoms with Crippen molar-refractivity contribution in [2.45, 2.75) is 38.3 Å². The maximum Gasteiger partial charge on any atom is 0.123 e. The zero-order valence-electron chi connectivity index (χ0n) is 11.0. The molecular formula is C15H20N2O. The van der Waals surface area contributed by atoms with Gasteiger partial charge < -0.3 is 10.1 Å². The van der Waals surface area contributed by atoms with Crippen LogP contribution >= 0.6 is 0 Å². The molecule has 0 amide bonds. The number of ether oxygens (including phenoxy) is 1. The van der Waals surface area contributed by atoms with Gasteiger partial charge in [-0.3, -0.25) is 0 Å². The maximum atomic E-state index is 9.11. The van der Waals surface area contributed by atoms with Gasteiger partial charge in [0.15, 0.2) is 0 Å². The zero-order chi connectivity index (χ0) is 13.0. The van der Waals surface area contributed by atoms with E-state index in [0.717, 1.165) is 30.6 Å². The number of nitrogens with one attached hydrogen (secondary N) is 1. The van der Waals surface area contributed by atoms with E-state index in [0.29, 0.717) is 6.04 Å². The van der Waals surface area contributed by atoms with Gasteiger partial charge in [0, 0.05) is 17.6 Å². The maximum absolute atomic E-state index is 9.11. The number of benzene rings is 1. The van der Waals surface area contributed by atoms with Crippen molar-refractivity contribution >= 4 is 0 Å². The fourth-order valence-electron chi connectivity index (χ4n) is 2.75. The predicted molar refractivity (Wildman–Crippen MR) is 71.3 cm³/mol. The Hall–Kier alpha value is -1.53. The van der Waals surface area contributed by atoms with Gasteiger partial charge in [-0.05, 0) is 25.8 Å². The van der Waals surface area contributed by atoms with Crippen molar-refractivity contribution in [2.75, 3.05) is 7.11 Å². The van der Waals surface area contributed by atoms with Crippen LogP contribution in [0.2, 0.25) is 0 Å². The van der Waals surface area contributed by atoms with E-state index in [-0.39, 0.29) is 12.0 Å². The molecule has 0 bridgehead atoms. The average molecular weight is 244 g/mol. The predicted octanol–water partition coefficient (Wildman–Crippen LogP) is 3.04. The second-order valence-corrected chi connectivity index (χ2v) is 4.90. The lowest BCUT2D eigenvalue weighted by Gasteiger charge is -2.23. The van der Waals surface area contributed by atoms with Crippen molar-refractivity contribution in [3.8, 4) is 11.8 Å². The topological polar surface area (TPSA) is 45.0 Å². The van der Waals surface area contributed by atoms with Crippen LogP contribution in [-0.2, 0) is 0 Å². The second kappa shape index (κ2) is 5.88. The van der Waals surface area contributed by atoms with Crippen molar-refractivity contribution in [1.82, 2.24) is 5.32 Å². The largest absolute Gasteiger partial charge is 0.496 e. The summed E-state index contributed by atoms with van der Waals surface area (Å²) in [6.07, 6.45) is 3.26. The molecule has 0 spiro atoms. The summed E-state index contributed by atoms with van der Waals surface area (Å²) in [5.74, 6) is 1.06. The summed E-state index contributed by atoms with van der Waals surface area (Å²) in [5, 5.41) is 12.7. The van der Waals surface area contributed by atoms with Crippen molar-refractivity contribution in [3.05, 3.63) is 29.8 Å². The summed E-state index contributed by atoms with van der Waals surface area (Å²) in [7, 11) is 1.69. The number of nitriles is 1. The van der Waals surface area contributed by atoms with E-state index in [4.69, 9.17) is 10.00 Å². The molecule has 1 saturated carbocycles. The number of para-hydroxylation sites is 1. The van der Waals surface area contributed by atoms with E-state index in [9.17, 15) is 0 Å². The molecule has 0 saturated heterocycles. The molecule has 1 aliphatic carbocycles. The molecule has 2 rings (SSSR count). The Morgan fingerprint density at radius 1 is 1.39 bits per heavy atom. The van der Waals surface area contributed by atoms with Crippen molar-refractivity contribution in [3.63, 3.8) is 0 Å². The van der Waals surface area contributed by atoms with E-state index >= 15 is 0 Å². The van der Waals surface area contributed by atoms with Gasteiger partial charge in [0.25, 0.3) is 0 Å². The summed E-state index contributed by atoms with van der Waals surface area (Å²) >= 11 is 0. The molecule has 1 aromatic rings. The highest BCUT2D eigenvalue weighted by molar-refractivity contribution is 5.35. The molecule has 0 aliphatic heterocycles. The monoisotopic (exact) mass is 244 g/mol. The Morgan fingerprint density at radius 3 is 2.89 bits per heavy atom. The molecular weight excluding hydrogens is 224 g/mol. The van der Waals surface area contributed by atoms with Crippen LogP contribution in [0.5, 0.6) is 5.75 Å². The zero-order valence-corrected chi connectivity index (χ0v) is 11.0. The summed E-state index contributed by atoms with van der Waals surface area (Å²) in [4.78, 5) is 0. The smallest absolute Gasteiger partial charge is 0.123 e. The molecule has 1 aromatic carbocycles. The minimum Gasteiger partial charge on any atom is -0.496 e. The number of methoxy groups -OCH3 is 1. The Morgan fingerprint density at radius 2 is 2.17 bits per heavy atom. The Labute approximate surface area is 109 Å². The minimum absolute atomic E-state index is 0.155. The first kappa shape index (κ1) is 12.9. The molecule has 3 heteroatoms. The standard InChI is InChI=1S/C15H20N2O/c1-11(13-7-3-4-9-15(13)18-2)17-14-8-5-6-12(14)10-16/h3-4,7,9,11-12,14,17H,5-6,8H2,1-2H3/t11-,12?,14?/m1/s1. The SMILES string of the molecule is COc1ccccc1[C@@H](C)NC1CCCC1C#N. The molecule has 1 N–H and O–H groups in total. The lowest BCUT2D eigenvalue weighted by Crippen LogP contribution is -2.34. The van der Waals surface area contributed by atoms with E-state index < -0.39 is 0 Å². The molecule has 3 nitrogen and oxygen atoms in total. The van der Waals surface area contributed by atoms with Crippen LogP contribution < -0.4 is 10.1 Å². The highest BCUT2D eigenvalue weighted by atomic mass is 16.5. The van der Waals surface area contributed by atoms with Crippen LogP contribution in [0, 0.1) is 17.2 Å². The van der Waals surface area contributed by atoms with Crippen LogP contribution in [0.15, 0.2) is 24.3 Å². The first-order chi connectivity index (χ1) is 8.76. The first-order valence-electron chi connectivity index (χ1n) is 6.55. The number of rotatable bonds is 4. The lowest BCUT2D eigenvalue weighted by atomic mass is 10.0. The second-order valence-electron chi connectivity index (χ2n) is 4.90. The quantitative estimate of drug-likeness (QED) is 0.885. The highest BCUT2D eigenvalue weighted by Crippen LogP contribution is 2.30. The fraction of sp³-hybridized carbons (Fsp3) is 0.533. The Kier molecular flexibility index (Phi) is 4.22. The molecule has 1 fully saturated rings. The van der Waals surface area contributed by atoms with Gasteiger partial charge in [-0.25, -0.2) is 0 Å². The number of hydrogen-bond donors (Lipinski definition) is 1. The van der Waals surface area contributed by atoms with Crippen LogP contribution in [0.1, 0.15) is 37.8 Å². The summed E-state index contributed by atoms with van der Waals surface area (Å²) in [5.41, 5.74) is 1.16. The van der Waals surface area contributed by atoms with Crippen LogP contribution in [0.25, 0.3) is 0 Å². The molecule has 0 aromatic heterocycles. The van der Waals surface area contributed by atoms with E-state index in [1.807, 2.05) is 18.2 Å². The summed E-state index contributed by atoms with van der Waals surface area (Å²) in [6, 6.07) is 11.0. The molecule has 0 heterocycles. The van der Waals surface area contributed by atoms with Crippen LogP contribution in [-0.4, -0.2) is 13.2 Å². The summed E-state index contributed by atoms with van der Waals surface area (Å²) < 4.78 is 5.38. The van der Waals surface area contributed by atoms with Gasteiger partial charge >= 0.3 is 0 Å². The fourth-order valence-corrected chi connectivity index (χ4v) is 2.75. The van der Waals surface area contributed by atoms with Crippen molar-refractivity contribution in [2.24, 2.45) is 5.92 Å². The molecule has 1 aliphatic rings. The third kappa shape index (κ3) is 2.65. The number of hydrogen-bond acceptors (Lipinski definition) is 3. The van der Waals surface area contributed by atoms with Gasteiger partial charge in [0.1, 0.15) is 5.75 Å². The van der Waals surface area contributed by atoms with Gasteiger partial charge in [-0.2, -0.15) is 5.26 Å². The summed E-state index contributed by atoms with van der Waals surface area (Å²) in [6.45, 7) is 2.13. The van der Waals surface area contributed by atoms with Gasteiger partial charge in [0.05, 0.1) is 19.1 Å². The lowest BCUT2D eigenvalue weighted by molar-refractivity contribution is 0.382. The molecule has 96 valence electrons. The molecule has 2 unspecified atom stereocenters. The molecule has 18 heavy (non-hydrogen) atoms. The van der Waals surface area contributed by atoms with E-state index in [1.165, 1.54) is 0 Å². The average Bonchev–Trinajstić information content (AvgIpc) is 2.85. The third-order valence-electron chi connectivity index (χ3n) is 3.75. The Bertz CT molecular complexity index is 438. The third-order valence-corrected chi connectivity index (χ3v) is 3.75. The highest BCUT2D eigenvalue weighted by Gasteiger charge is 2.28. The normalized spacial score (nSPS) is 24.5. The van der Waals surface area contributed by atoms with E-state index in [1.54, 1.807) is 7.11 Å².